The molecule has 31 heteroatoms. The van der Waals surface area contributed by atoms with E-state index in [9.17, 15) is 66.6 Å². The van der Waals surface area contributed by atoms with E-state index in [4.69, 9.17) is 25.8 Å². The number of aliphatic carboxylic acids is 1. The summed E-state index contributed by atoms with van der Waals surface area (Å²) in [5.41, 5.74) is 0.984. The first-order chi connectivity index (χ1) is 33.2. The Morgan fingerprint density at radius 3 is 1.73 bits per heavy atom. The highest BCUT2D eigenvalue weighted by atomic mass is 35.5. The molecule has 0 aliphatic heterocycles. The maximum atomic E-state index is 13.6. The Balaban J connectivity index is 1.42. The molecule has 0 bridgehead atoms. The lowest BCUT2D eigenvalue weighted by Crippen LogP contribution is -2.21. The normalized spacial score (nSPS) is 13.6. The van der Waals surface area contributed by atoms with Gasteiger partial charge in [0.15, 0.2) is 0 Å². The van der Waals surface area contributed by atoms with E-state index in [1.54, 1.807) is 6.92 Å². The molecule has 2 amide bonds. The van der Waals surface area contributed by atoms with Crippen LogP contribution in [0.25, 0.3) is 0 Å². The number of benzene rings is 4. The van der Waals surface area contributed by atoms with Crippen LogP contribution in [0.5, 0.6) is 17.2 Å². The summed E-state index contributed by atoms with van der Waals surface area (Å²) in [5, 5.41) is 38.8. The second-order valence-electron chi connectivity index (χ2n) is 14.7. The number of carboxylic acid groups (broad SMARTS) is 1. The number of hydrogen-bond donors (Lipinski definition) is 7. The number of hydrogen-bond acceptors (Lipinski definition) is 19. The lowest BCUT2D eigenvalue weighted by Gasteiger charge is -2.17. The van der Waals surface area contributed by atoms with Gasteiger partial charge in [-0.25, -0.2) is 9.59 Å². The number of nitrogens with one attached hydrogen (secondary N) is 2. The van der Waals surface area contributed by atoms with Gasteiger partial charge in [0.1, 0.15) is 39.2 Å². The number of azo groups is 3. The second kappa shape index (κ2) is 23.4. The lowest BCUT2D eigenvalue weighted by molar-refractivity contribution is -0.132. The van der Waals surface area contributed by atoms with Crippen LogP contribution in [-0.4, -0.2) is 101 Å². The molecular formula is C40H41ClN8O18S4. The first kappa shape index (κ1) is 55.2. The Hall–Kier alpha value is -6.77. The third kappa shape index (κ3) is 17.0. The molecule has 0 heterocycles. The SMILES string of the molecule is COc1cc(NC(=O)Nc2cc(Cl)c(N=NC3=CC=C(C(=O)O)CC3)cc2OCCCS(=O)(=O)O)c(OCCCS(=O)(=O)O)cc1N=Nc1ccc(N=Nc2ccc(S(=O)(=O)O)cc2S(=O)(=O)O)cc1C. The summed E-state index contributed by atoms with van der Waals surface area (Å²) in [6, 6.07) is 10.8. The molecular weight excluding hydrogens is 1040 g/mol. The number of halogens is 1. The summed E-state index contributed by atoms with van der Waals surface area (Å²) in [7, 11) is -17.3. The highest BCUT2D eigenvalue weighted by Gasteiger charge is 2.22. The number of carbonyl (C=O) groups excluding carboxylic acids is 1. The van der Waals surface area contributed by atoms with Gasteiger partial charge in [-0.3, -0.25) is 18.2 Å². The third-order valence-corrected chi connectivity index (χ3v) is 13.0. The number of ether oxygens (including phenoxy) is 3. The molecule has 4 aromatic carbocycles. The number of allylic oxidation sites excluding steroid dienone is 3. The number of aryl methyl sites for hydroxylation is 1. The van der Waals surface area contributed by atoms with Crippen LogP contribution in [0, 0.1) is 6.92 Å². The number of nitrogens with zero attached hydrogens (tertiary/aromatic N) is 6. The average molecular weight is 1090 g/mol. The molecule has 5 rings (SSSR count). The maximum Gasteiger partial charge on any atom is 0.331 e. The smallest absolute Gasteiger partial charge is 0.331 e. The molecule has 0 aromatic heterocycles. The van der Waals surface area contributed by atoms with Crippen LogP contribution < -0.4 is 24.8 Å². The molecule has 1 aliphatic carbocycles. The van der Waals surface area contributed by atoms with E-state index < -0.39 is 79.5 Å². The second-order valence-corrected chi connectivity index (χ2v) is 21.0. The molecule has 26 nitrogen and oxygen atoms in total. The standard InChI is InChI=1S/C40H41ClN8O18S4/c1-23-17-26(45-47-30-12-10-27(70(59,60)61)18-38(30)71(62,63)64)9-11-29(23)46-49-34-22-37(67-14-4-16-69(56,57)58)33(21-35(34)65-2)43-40(52)42-32-19-28(41)31(20-36(32)66-13-3-15-68(53,54)55)48-44-25-7-5-24(6-8-25)39(50)51/h5,7,9-12,17-22H,3-4,6,8,13-16H2,1-2H3,(H,50,51)(H2,42,43,52)(H,53,54,55)(H,56,57,58)(H,59,60,61)(H,62,63,64). The van der Waals surface area contributed by atoms with Gasteiger partial charge in [0.25, 0.3) is 40.5 Å². The summed E-state index contributed by atoms with van der Waals surface area (Å²) in [6.45, 7) is 1.04. The predicted octanol–water partition coefficient (Wildman–Crippen LogP) is 8.71. The van der Waals surface area contributed by atoms with Gasteiger partial charge in [-0.2, -0.15) is 49.0 Å². The number of carbonyl (C=O) groups is 2. The molecule has 0 fully saturated rings. The van der Waals surface area contributed by atoms with Gasteiger partial charge in [-0.1, -0.05) is 11.6 Å². The molecule has 7 N–H and O–H groups in total. The van der Waals surface area contributed by atoms with E-state index in [2.05, 4.69) is 41.3 Å². The number of anilines is 2. The van der Waals surface area contributed by atoms with Gasteiger partial charge in [-0.15, -0.1) is 15.3 Å². The van der Waals surface area contributed by atoms with Gasteiger partial charge in [0.2, 0.25) is 0 Å². The van der Waals surface area contributed by atoms with Crippen LogP contribution in [0.3, 0.4) is 0 Å². The minimum atomic E-state index is -5.01. The fourth-order valence-corrected chi connectivity index (χ4v) is 8.35. The number of urea groups is 1. The first-order valence-corrected chi connectivity index (χ1v) is 26.5. The summed E-state index contributed by atoms with van der Waals surface area (Å²) >= 11 is 6.52. The van der Waals surface area contributed by atoms with Gasteiger partial charge < -0.3 is 30.0 Å². The largest absolute Gasteiger partial charge is 0.494 e. The molecule has 0 saturated heterocycles. The number of amides is 2. The highest BCUT2D eigenvalue weighted by Crippen LogP contribution is 2.41. The average Bonchev–Trinajstić information content (AvgIpc) is 3.27. The summed E-state index contributed by atoms with van der Waals surface area (Å²) < 4.78 is 147. The van der Waals surface area contributed by atoms with Crippen molar-refractivity contribution in [2.24, 2.45) is 30.7 Å². The zero-order valence-corrected chi connectivity index (χ0v) is 40.8. The Morgan fingerprint density at radius 1 is 0.634 bits per heavy atom. The van der Waals surface area contributed by atoms with Gasteiger partial charge in [-0.05, 0) is 92.8 Å². The van der Waals surface area contributed by atoms with Crippen molar-refractivity contribution in [3.63, 3.8) is 0 Å². The molecule has 0 radical (unpaired) electrons. The van der Waals surface area contributed by atoms with E-state index >= 15 is 0 Å². The van der Waals surface area contributed by atoms with E-state index in [0.717, 1.165) is 12.1 Å². The Bertz CT molecular complexity index is 3350. The molecule has 71 heavy (non-hydrogen) atoms. The molecule has 380 valence electrons. The summed E-state index contributed by atoms with van der Waals surface area (Å²) in [4.78, 5) is 23.2. The minimum Gasteiger partial charge on any atom is -0.494 e. The maximum absolute atomic E-state index is 13.6. The van der Waals surface area contributed by atoms with E-state index in [-0.39, 0.29) is 101 Å². The topological polar surface area (TPSA) is 398 Å². The van der Waals surface area contributed by atoms with E-state index in [1.165, 1.54) is 61.7 Å². The van der Waals surface area contributed by atoms with Gasteiger partial charge >= 0.3 is 12.0 Å². The highest BCUT2D eigenvalue weighted by molar-refractivity contribution is 7.87. The predicted molar refractivity (Wildman–Crippen MR) is 253 cm³/mol. The molecule has 1 aliphatic rings. The molecule has 0 spiro atoms. The van der Waals surface area contributed by atoms with Crippen molar-refractivity contribution >= 4 is 104 Å². The van der Waals surface area contributed by atoms with Gasteiger partial charge in [0, 0.05) is 23.8 Å². The number of rotatable bonds is 22. The minimum absolute atomic E-state index is 0.0236. The molecule has 4 aromatic rings. The molecule has 0 unspecified atom stereocenters. The zero-order chi connectivity index (χ0) is 52.3. The van der Waals surface area contributed by atoms with Crippen molar-refractivity contribution in [2.45, 2.75) is 42.4 Å². The fourth-order valence-electron chi connectivity index (χ4n) is 5.95. The van der Waals surface area contributed by atoms with Crippen LogP contribution >= 0.6 is 11.6 Å². The van der Waals surface area contributed by atoms with Crippen LogP contribution in [0.1, 0.15) is 31.2 Å². The van der Waals surface area contributed by atoms with Gasteiger partial charge in [0.05, 0.1) is 70.2 Å². The van der Waals surface area contributed by atoms with Crippen molar-refractivity contribution < 1.29 is 80.8 Å². The Kier molecular flexibility index (Phi) is 18.2. The van der Waals surface area contributed by atoms with Crippen LogP contribution in [-0.2, 0) is 45.3 Å². The van der Waals surface area contributed by atoms with Crippen molar-refractivity contribution in [3.8, 4) is 17.2 Å². The molecule has 0 atom stereocenters. The Labute approximate surface area is 410 Å². The third-order valence-electron chi connectivity index (χ3n) is 9.35. The van der Waals surface area contributed by atoms with Crippen LogP contribution in [0.2, 0.25) is 5.02 Å². The first-order valence-electron chi connectivity index (χ1n) is 20.1. The number of carboxylic acids is 1. The van der Waals surface area contributed by atoms with Crippen LogP contribution in [0.15, 0.2) is 125 Å². The zero-order valence-electron chi connectivity index (χ0n) is 36.8. The number of methoxy groups -OCH3 is 1. The molecule has 0 saturated carbocycles. The monoisotopic (exact) mass is 1080 g/mol. The lowest BCUT2D eigenvalue weighted by atomic mass is 10.0. The summed E-state index contributed by atoms with van der Waals surface area (Å²) in [5.74, 6) is -2.52. The van der Waals surface area contributed by atoms with Crippen molar-refractivity contribution in [1.29, 1.82) is 0 Å². The van der Waals surface area contributed by atoms with Crippen molar-refractivity contribution in [1.82, 2.24) is 0 Å². The van der Waals surface area contributed by atoms with Crippen LogP contribution in [0.4, 0.5) is 44.6 Å². The van der Waals surface area contributed by atoms with E-state index in [1.807, 2.05) is 0 Å². The summed E-state index contributed by atoms with van der Waals surface area (Å²) in [6.07, 6.45) is 2.98. The van der Waals surface area contributed by atoms with E-state index in [0.29, 0.717) is 17.3 Å². The Morgan fingerprint density at radius 2 is 1.20 bits per heavy atom. The van der Waals surface area contributed by atoms with Crippen molar-refractivity contribution in [2.75, 3.05) is 42.5 Å². The fraction of sp³-hybridized carbons (Fsp3) is 0.250. The van der Waals surface area contributed by atoms with Crippen molar-refractivity contribution in [3.05, 3.63) is 94.7 Å². The quantitative estimate of drug-likeness (QED) is 0.0220.